The van der Waals surface area contributed by atoms with Crippen LogP contribution in [0.3, 0.4) is 0 Å². The van der Waals surface area contributed by atoms with Gasteiger partial charge < -0.3 is 15.0 Å². The van der Waals surface area contributed by atoms with E-state index in [9.17, 15) is 9.59 Å². The summed E-state index contributed by atoms with van der Waals surface area (Å²) in [7, 11) is 0. The lowest BCUT2D eigenvalue weighted by Gasteiger charge is -2.38. The van der Waals surface area contributed by atoms with Gasteiger partial charge in [-0.25, -0.2) is 0 Å². The molecule has 6 nitrogen and oxygen atoms in total. The highest BCUT2D eigenvalue weighted by Gasteiger charge is 2.27. The Bertz CT molecular complexity index is 403. The molecular formula is C20H39N3O3. The van der Waals surface area contributed by atoms with Gasteiger partial charge in [0.2, 0.25) is 11.8 Å². The van der Waals surface area contributed by atoms with Crippen molar-refractivity contribution >= 4 is 11.8 Å². The van der Waals surface area contributed by atoms with Gasteiger partial charge in [0.1, 0.15) is 0 Å². The van der Waals surface area contributed by atoms with Crippen LogP contribution >= 0.6 is 0 Å². The number of hydrogen-bond donors (Lipinski definition) is 1. The van der Waals surface area contributed by atoms with Gasteiger partial charge in [-0.1, -0.05) is 26.7 Å². The maximum Gasteiger partial charge on any atom is 0.222 e. The first-order chi connectivity index (χ1) is 12.6. The molecule has 0 saturated carbocycles. The average Bonchev–Trinajstić information content (AvgIpc) is 2.66. The normalized spacial score (nSPS) is 16.5. The molecule has 1 aliphatic heterocycles. The average molecular weight is 370 g/mol. The zero-order valence-corrected chi connectivity index (χ0v) is 17.3. The molecule has 6 heteroatoms. The van der Waals surface area contributed by atoms with E-state index in [0.29, 0.717) is 37.8 Å². The summed E-state index contributed by atoms with van der Waals surface area (Å²) in [5, 5.41) is 3.11. The number of rotatable bonds is 12. The van der Waals surface area contributed by atoms with Crippen molar-refractivity contribution in [2.45, 2.75) is 65.8 Å². The fourth-order valence-electron chi connectivity index (χ4n) is 3.78. The third-order valence-electron chi connectivity index (χ3n) is 5.53. The van der Waals surface area contributed by atoms with Gasteiger partial charge >= 0.3 is 0 Å². The van der Waals surface area contributed by atoms with Crippen molar-refractivity contribution < 1.29 is 14.3 Å². The number of carbonyl (C=O) groups is 2. The summed E-state index contributed by atoms with van der Waals surface area (Å²) in [6.45, 7) is 14.0. The molecule has 2 amide bonds. The van der Waals surface area contributed by atoms with E-state index in [1.165, 1.54) is 0 Å². The fourth-order valence-corrected chi connectivity index (χ4v) is 3.78. The number of amides is 2. The van der Waals surface area contributed by atoms with Crippen molar-refractivity contribution in [2.75, 3.05) is 45.9 Å². The topological polar surface area (TPSA) is 61.9 Å². The van der Waals surface area contributed by atoms with Crippen molar-refractivity contribution in [3.05, 3.63) is 0 Å². The molecule has 1 atom stereocenters. The summed E-state index contributed by atoms with van der Waals surface area (Å²) in [6, 6.07) is 0.371. The molecule has 1 heterocycles. The molecule has 26 heavy (non-hydrogen) atoms. The van der Waals surface area contributed by atoms with Crippen LogP contribution in [0, 0.1) is 5.92 Å². The highest BCUT2D eigenvalue weighted by Crippen LogP contribution is 2.19. The van der Waals surface area contributed by atoms with Crippen LogP contribution in [0.25, 0.3) is 0 Å². The monoisotopic (exact) mass is 369 g/mol. The van der Waals surface area contributed by atoms with E-state index in [4.69, 9.17) is 4.74 Å². The molecule has 0 aromatic carbocycles. The predicted molar refractivity (Wildman–Crippen MR) is 105 cm³/mol. The summed E-state index contributed by atoms with van der Waals surface area (Å²) < 4.78 is 5.47. The van der Waals surface area contributed by atoms with Gasteiger partial charge in [0.05, 0.1) is 13.2 Å². The van der Waals surface area contributed by atoms with Crippen molar-refractivity contribution in [1.82, 2.24) is 15.1 Å². The zero-order valence-electron chi connectivity index (χ0n) is 17.3. The standard InChI is InChI=1S/C20H39N3O3/c1-5-17(6-2)18(23-12-14-26-15-13-23)16-21-19(24)10-9-11-20(25)22(7-3)8-4/h17-18H,5-16H2,1-4H3,(H,21,24). The quantitative estimate of drug-likeness (QED) is 0.573. The maximum absolute atomic E-state index is 12.2. The molecular weight excluding hydrogens is 330 g/mol. The van der Waals surface area contributed by atoms with Crippen molar-refractivity contribution in [3.63, 3.8) is 0 Å². The molecule has 1 fully saturated rings. The summed E-state index contributed by atoms with van der Waals surface area (Å²) in [5.74, 6) is 0.783. The van der Waals surface area contributed by atoms with Crippen molar-refractivity contribution in [1.29, 1.82) is 0 Å². The molecule has 0 bridgehead atoms. The Labute approximate surface area is 159 Å². The van der Waals surface area contributed by atoms with Crippen molar-refractivity contribution in [2.24, 2.45) is 5.92 Å². The highest BCUT2D eigenvalue weighted by atomic mass is 16.5. The molecule has 1 unspecified atom stereocenters. The van der Waals surface area contributed by atoms with Gasteiger partial charge in [-0.3, -0.25) is 14.5 Å². The predicted octanol–water partition coefficient (Wildman–Crippen LogP) is 2.28. The lowest BCUT2D eigenvalue weighted by atomic mass is 9.92. The minimum absolute atomic E-state index is 0.0570. The lowest BCUT2D eigenvalue weighted by molar-refractivity contribution is -0.131. The third-order valence-corrected chi connectivity index (χ3v) is 5.53. The highest BCUT2D eigenvalue weighted by molar-refractivity contribution is 5.78. The third kappa shape index (κ3) is 7.62. The summed E-state index contributed by atoms with van der Waals surface area (Å²) in [4.78, 5) is 28.5. The molecule has 0 aliphatic carbocycles. The first-order valence-corrected chi connectivity index (χ1v) is 10.4. The summed E-state index contributed by atoms with van der Waals surface area (Å²) in [6.07, 6.45) is 3.73. The van der Waals surface area contributed by atoms with Crippen LogP contribution in [0.1, 0.15) is 59.8 Å². The van der Waals surface area contributed by atoms with E-state index in [-0.39, 0.29) is 11.8 Å². The number of carbonyl (C=O) groups excluding carboxylic acids is 2. The fraction of sp³-hybridized carbons (Fsp3) is 0.900. The van der Waals surface area contributed by atoms with Crippen LogP contribution in [-0.2, 0) is 14.3 Å². The van der Waals surface area contributed by atoms with Gasteiger partial charge in [-0.15, -0.1) is 0 Å². The van der Waals surface area contributed by atoms with E-state index in [2.05, 4.69) is 24.1 Å². The second kappa shape index (κ2) is 13.1. The van der Waals surface area contributed by atoms with Gasteiger partial charge in [-0.2, -0.15) is 0 Å². The second-order valence-corrected chi connectivity index (χ2v) is 7.02. The molecule has 1 N–H and O–H groups in total. The molecule has 0 spiro atoms. The van der Waals surface area contributed by atoms with Gasteiger partial charge in [-0.05, 0) is 26.2 Å². The SMILES string of the molecule is CCC(CC)C(CNC(=O)CCCC(=O)N(CC)CC)N1CCOCC1. The molecule has 1 rings (SSSR count). The number of hydrogen-bond acceptors (Lipinski definition) is 4. The van der Waals surface area contributed by atoms with Crippen LogP contribution in [0.15, 0.2) is 0 Å². The maximum atomic E-state index is 12.2. The van der Waals surface area contributed by atoms with E-state index < -0.39 is 0 Å². The van der Waals surface area contributed by atoms with Gasteiger partial charge in [0.25, 0.3) is 0 Å². The first-order valence-electron chi connectivity index (χ1n) is 10.4. The first kappa shape index (κ1) is 22.9. The Morgan fingerprint density at radius 2 is 1.65 bits per heavy atom. The van der Waals surface area contributed by atoms with E-state index in [1.54, 1.807) is 0 Å². The molecule has 152 valence electrons. The zero-order chi connectivity index (χ0) is 19.4. The molecule has 0 radical (unpaired) electrons. The van der Waals surface area contributed by atoms with Crippen LogP contribution in [0.5, 0.6) is 0 Å². The van der Waals surface area contributed by atoms with Gasteiger partial charge in [0, 0.05) is 51.6 Å². The smallest absolute Gasteiger partial charge is 0.222 e. The van der Waals surface area contributed by atoms with Gasteiger partial charge in [0.15, 0.2) is 0 Å². The molecule has 1 saturated heterocycles. The number of nitrogens with one attached hydrogen (secondary N) is 1. The number of ether oxygens (including phenoxy) is 1. The van der Waals surface area contributed by atoms with Crippen LogP contribution in [0.2, 0.25) is 0 Å². The van der Waals surface area contributed by atoms with Crippen LogP contribution in [-0.4, -0.2) is 73.6 Å². The Morgan fingerprint density at radius 3 is 2.19 bits per heavy atom. The Hall–Kier alpha value is -1.14. The minimum Gasteiger partial charge on any atom is -0.379 e. The van der Waals surface area contributed by atoms with Crippen LogP contribution in [0.4, 0.5) is 0 Å². The Balaban J connectivity index is 2.41. The Morgan fingerprint density at radius 1 is 1.04 bits per heavy atom. The van der Waals surface area contributed by atoms with Crippen molar-refractivity contribution in [3.8, 4) is 0 Å². The largest absolute Gasteiger partial charge is 0.379 e. The lowest BCUT2D eigenvalue weighted by Crippen LogP contribution is -2.52. The minimum atomic E-state index is 0.0570. The Kier molecular flexibility index (Phi) is 11.5. The summed E-state index contributed by atoms with van der Waals surface area (Å²) in [5.41, 5.74) is 0. The number of nitrogens with zero attached hydrogens (tertiary/aromatic N) is 2. The van der Waals surface area contributed by atoms with E-state index >= 15 is 0 Å². The molecule has 0 aromatic heterocycles. The van der Waals surface area contributed by atoms with E-state index in [0.717, 1.165) is 52.2 Å². The summed E-state index contributed by atoms with van der Waals surface area (Å²) >= 11 is 0. The van der Waals surface area contributed by atoms with E-state index in [1.807, 2.05) is 18.7 Å². The number of morpholine rings is 1. The second-order valence-electron chi connectivity index (χ2n) is 7.02. The van der Waals surface area contributed by atoms with Crippen LogP contribution < -0.4 is 5.32 Å². The molecule has 0 aromatic rings. The molecule has 1 aliphatic rings.